The predicted molar refractivity (Wildman–Crippen MR) is 63.8 cm³/mol. The van der Waals surface area contributed by atoms with Gasteiger partial charge in [-0.1, -0.05) is 25.6 Å². The van der Waals surface area contributed by atoms with E-state index in [1.807, 2.05) is 0 Å². The zero-order valence-electron chi connectivity index (χ0n) is 8.43. The first-order valence-electron chi connectivity index (χ1n) is 4.26. The molecule has 0 atom stereocenters. The topological polar surface area (TPSA) is 33.1 Å². The van der Waals surface area contributed by atoms with E-state index in [0.717, 1.165) is 4.47 Å². The normalized spacial score (nSPS) is 10.6. The van der Waals surface area contributed by atoms with Gasteiger partial charge in [0.25, 0.3) is 0 Å². The maximum atomic E-state index is 9.51. The van der Waals surface area contributed by atoms with E-state index in [1.54, 1.807) is 12.3 Å². The summed E-state index contributed by atoms with van der Waals surface area (Å²) in [6.45, 7) is 6.45. The lowest BCUT2D eigenvalue weighted by Gasteiger charge is -2.03. The fourth-order valence-electron chi connectivity index (χ4n) is 0.772. The van der Waals surface area contributed by atoms with Gasteiger partial charge in [-0.3, -0.25) is 0 Å². The average molecular weight is 270 g/mol. The molecule has 0 saturated heterocycles. The molecule has 1 aromatic rings. The number of hydrogen-bond acceptors (Lipinski definition) is 2. The van der Waals surface area contributed by atoms with Crippen molar-refractivity contribution in [1.82, 2.24) is 4.98 Å². The maximum absolute atomic E-state index is 9.51. The summed E-state index contributed by atoms with van der Waals surface area (Å²) in [5, 5.41) is 9.51. The minimum atomic E-state index is -1.40. The van der Waals surface area contributed by atoms with Crippen LogP contribution in [-0.2, 0) is 0 Å². The minimum absolute atomic E-state index is 0.130. The molecule has 0 saturated carbocycles. The molecule has 1 N–H and O–H groups in total. The summed E-state index contributed by atoms with van der Waals surface area (Å²) in [7, 11) is -1.40. The van der Waals surface area contributed by atoms with Crippen molar-refractivity contribution < 1.29 is 5.11 Å². The Morgan fingerprint density at radius 2 is 2.07 bits per heavy atom. The van der Waals surface area contributed by atoms with Crippen molar-refractivity contribution in [1.29, 1.82) is 0 Å². The van der Waals surface area contributed by atoms with Gasteiger partial charge in [0.05, 0.1) is 0 Å². The van der Waals surface area contributed by atoms with Crippen LogP contribution in [0.2, 0.25) is 19.6 Å². The molecular formula is C10H12BrNOSi. The number of nitrogens with zero attached hydrogens (tertiary/aromatic N) is 1. The smallest absolute Gasteiger partial charge is 0.154 e. The maximum Gasteiger partial charge on any atom is 0.154 e. The van der Waals surface area contributed by atoms with Crippen molar-refractivity contribution in [2.75, 3.05) is 0 Å². The molecule has 0 aliphatic heterocycles. The van der Waals surface area contributed by atoms with Gasteiger partial charge in [0.2, 0.25) is 0 Å². The fourth-order valence-corrected chi connectivity index (χ4v) is 1.58. The molecule has 0 aliphatic carbocycles. The third-order valence-corrected chi connectivity index (χ3v) is 2.70. The Labute approximate surface area is 93.5 Å². The second kappa shape index (κ2) is 4.16. The molecule has 0 aliphatic rings. The molecule has 0 radical (unpaired) electrons. The first kappa shape index (κ1) is 11.3. The van der Waals surface area contributed by atoms with Gasteiger partial charge in [-0.15, -0.1) is 5.54 Å². The monoisotopic (exact) mass is 269 g/mol. The first-order chi connectivity index (χ1) is 6.38. The molecule has 0 amide bonds. The number of aromatic hydroxyl groups is 1. The van der Waals surface area contributed by atoms with Crippen LogP contribution in [0.15, 0.2) is 16.7 Å². The van der Waals surface area contributed by atoms with Crippen LogP contribution in [0.25, 0.3) is 0 Å². The third kappa shape index (κ3) is 3.52. The Balaban J connectivity index is 3.02. The SMILES string of the molecule is C[Si](C)(C)C#Cc1ncc(Br)cc1O. The molecule has 0 aromatic carbocycles. The summed E-state index contributed by atoms with van der Waals surface area (Å²) in [5.74, 6) is 3.04. The van der Waals surface area contributed by atoms with E-state index in [-0.39, 0.29) is 5.75 Å². The average Bonchev–Trinajstić information content (AvgIpc) is 2.00. The number of rotatable bonds is 0. The summed E-state index contributed by atoms with van der Waals surface area (Å²) in [4.78, 5) is 4.03. The second-order valence-corrected chi connectivity index (χ2v) is 9.69. The van der Waals surface area contributed by atoms with E-state index in [1.165, 1.54) is 0 Å². The number of hydrogen-bond donors (Lipinski definition) is 1. The Morgan fingerprint density at radius 1 is 1.43 bits per heavy atom. The van der Waals surface area contributed by atoms with Crippen molar-refractivity contribution in [3.05, 3.63) is 22.4 Å². The quantitative estimate of drug-likeness (QED) is 0.581. The molecule has 1 aromatic heterocycles. The number of halogens is 1. The van der Waals surface area contributed by atoms with Gasteiger partial charge in [-0.05, 0) is 22.0 Å². The second-order valence-electron chi connectivity index (χ2n) is 4.02. The fraction of sp³-hybridized carbons (Fsp3) is 0.300. The highest BCUT2D eigenvalue weighted by Crippen LogP contribution is 2.18. The van der Waals surface area contributed by atoms with Gasteiger partial charge in [0, 0.05) is 10.7 Å². The Bertz CT molecular complexity index is 401. The summed E-state index contributed by atoms with van der Waals surface area (Å²) in [6.07, 6.45) is 1.63. The molecule has 0 fully saturated rings. The number of pyridine rings is 1. The van der Waals surface area contributed by atoms with Gasteiger partial charge in [-0.25, -0.2) is 4.98 Å². The lowest BCUT2D eigenvalue weighted by Crippen LogP contribution is -2.16. The van der Waals surface area contributed by atoms with Crippen molar-refractivity contribution in [3.8, 4) is 17.2 Å². The van der Waals surface area contributed by atoms with Crippen LogP contribution in [0.1, 0.15) is 5.69 Å². The van der Waals surface area contributed by atoms with Crippen molar-refractivity contribution in [2.24, 2.45) is 0 Å². The highest BCUT2D eigenvalue weighted by molar-refractivity contribution is 9.10. The van der Waals surface area contributed by atoms with Gasteiger partial charge in [0.15, 0.2) is 11.4 Å². The Hall–Kier alpha value is -0.793. The van der Waals surface area contributed by atoms with Crippen LogP contribution < -0.4 is 0 Å². The van der Waals surface area contributed by atoms with Crippen LogP contribution in [0.5, 0.6) is 5.75 Å². The van der Waals surface area contributed by atoms with E-state index in [2.05, 4.69) is 52.0 Å². The molecule has 14 heavy (non-hydrogen) atoms. The standard InChI is InChI=1S/C10H12BrNOSi/c1-14(2,3)5-4-9-10(13)6-8(11)7-12-9/h6-7,13H,1-3H3. The van der Waals surface area contributed by atoms with Gasteiger partial charge in [-0.2, -0.15) is 0 Å². The van der Waals surface area contributed by atoms with E-state index in [0.29, 0.717) is 5.69 Å². The van der Waals surface area contributed by atoms with E-state index < -0.39 is 8.07 Å². The molecule has 4 heteroatoms. The summed E-state index contributed by atoms with van der Waals surface area (Å²) in [5.41, 5.74) is 3.60. The summed E-state index contributed by atoms with van der Waals surface area (Å²) < 4.78 is 0.758. The van der Waals surface area contributed by atoms with Gasteiger partial charge >= 0.3 is 0 Å². The zero-order chi connectivity index (χ0) is 10.8. The summed E-state index contributed by atoms with van der Waals surface area (Å²) >= 11 is 3.22. The molecular weight excluding hydrogens is 258 g/mol. The Kier molecular flexibility index (Phi) is 3.35. The highest BCUT2D eigenvalue weighted by Gasteiger charge is 2.08. The molecule has 1 heterocycles. The minimum Gasteiger partial charge on any atom is -0.505 e. The third-order valence-electron chi connectivity index (χ3n) is 1.39. The van der Waals surface area contributed by atoms with Crippen molar-refractivity contribution in [2.45, 2.75) is 19.6 Å². The number of aromatic nitrogens is 1. The molecule has 0 bridgehead atoms. The highest BCUT2D eigenvalue weighted by atomic mass is 79.9. The van der Waals surface area contributed by atoms with Crippen molar-refractivity contribution in [3.63, 3.8) is 0 Å². The van der Waals surface area contributed by atoms with Crippen LogP contribution in [0.3, 0.4) is 0 Å². The molecule has 0 unspecified atom stereocenters. The zero-order valence-corrected chi connectivity index (χ0v) is 11.0. The molecule has 0 spiro atoms. The van der Waals surface area contributed by atoms with E-state index in [9.17, 15) is 5.11 Å². The van der Waals surface area contributed by atoms with Crippen LogP contribution in [0.4, 0.5) is 0 Å². The molecule has 2 nitrogen and oxygen atoms in total. The molecule has 1 rings (SSSR count). The van der Waals surface area contributed by atoms with Crippen LogP contribution >= 0.6 is 15.9 Å². The largest absolute Gasteiger partial charge is 0.505 e. The predicted octanol–water partition coefficient (Wildman–Crippen LogP) is 2.78. The van der Waals surface area contributed by atoms with E-state index in [4.69, 9.17) is 0 Å². The van der Waals surface area contributed by atoms with Gasteiger partial charge in [0.1, 0.15) is 8.07 Å². The Morgan fingerprint density at radius 3 is 2.57 bits per heavy atom. The molecule has 74 valence electrons. The lowest BCUT2D eigenvalue weighted by molar-refractivity contribution is 0.470. The first-order valence-corrected chi connectivity index (χ1v) is 8.55. The van der Waals surface area contributed by atoms with Gasteiger partial charge < -0.3 is 5.11 Å². The van der Waals surface area contributed by atoms with Crippen LogP contribution in [-0.4, -0.2) is 18.2 Å². The summed E-state index contributed by atoms with van der Waals surface area (Å²) in [6, 6.07) is 1.60. The van der Waals surface area contributed by atoms with E-state index >= 15 is 0 Å². The lowest BCUT2D eigenvalue weighted by atomic mass is 10.3. The van der Waals surface area contributed by atoms with Crippen LogP contribution in [0, 0.1) is 11.5 Å². The van der Waals surface area contributed by atoms with Crippen molar-refractivity contribution >= 4 is 24.0 Å².